The van der Waals surface area contributed by atoms with Gasteiger partial charge >= 0.3 is 0 Å². The largest absolute Gasteiger partial charge is 0.497 e. The maximum absolute atomic E-state index is 12.4. The average molecular weight is 293 g/mol. The molecule has 3 aromatic rings. The lowest BCUT2D eigenvalue weighted by Gasteiger charge is -2.12. The van der Waals surface area contributed by atoms with Gasteiger partial charge in [-0.1, -0.05) is 18.2 Å². The number of anilines is 1. The first-order chi connectivity index (χ1) is 10.8. The molecule has 0 aliphatic heterocycles. The highest BCUT2D eigenvalue weighted by Gasteiger charge is 2.10. The van der Waals surface area contributed by atoms with Gasteiger partial charge in [0.1, 0.15) is 5.75 Å². The standard InChI is InChI=1S/C17H15N3O2/c1-22-14-6-4-5-13(11-14)17(21)19-15-7-2-3-8-16(15)20-10-9-18-12-20/h2-12H,1H3,(H,19,21). The molecule has 0 fully saturated rings. The van der Waals surface area contributed by atoms with Gasteiger partial charge in [0, 0.05) is 18.0 Å². The molecule has 1 amide bonds. The van der Waals surface area contributed by atoms with E-state index in [4.69, 9.17) is 4.74 Å². The highest BCUT2D eigenvalue weighted by molar-refractivity contribution is 6.05. The van der Waals surface area contributed by atoms with E-state index in [1.165, 1.54) is 0 Å². The van der Waals surface area contributed by atoms with Crippen LogP contribution in [0.15, 0.2) is 67.3 Å². The highest BCUT2D eigenvalue weighted by Crippen LogP contribution is 2.21. The van der Waals surface area contributed by atoms with Crippen LogP contribution in [0.3, 0.4) is 0 Å². The third-order valence-corrected chi connectivity index (χ3v) is 3.27. The Balaban J connectivity index is 1.88. The van der Waals surface area contributed by atoms with Crippen molar-refractivity contribution in [2.24, 2.45) is 0 Å². The fraction of sp³-hybridized carbons (Fsp3) is 0.0588. The maximum atomic E-state index is 12.4. The lowest BCUT2D eigenvalue weighted by Crippen LogP contribution is -2.13. The molecule has 0 saturated carbocycles. The molecule has 0 radical (unpaired) electrons. The van der Waals surface area contributed by atoms with Gasteiger partial charge in [0.2, 0.25) is 0 Å². The van der Waals surface area contributed by atoms with Gasteiger partial charge in [-0.15, -0.1) is 0 Å². The number of imidazole rings is 1. The Morgan fingerprint density at radius 1 is 1.18 bits per heavy atom. The van der Waals surface area contributed by atoms with E-state index in [0.717, 1.165) is 5.69 Å². The molecule has 110 valence electrons. The Morgan fingerprint density at radius 3 is 2.82 bits per heavy atom. The predicted octanol–water partition coefficient (Wildman–Crippen LogP) is 3.13. The molecule has 3 rings (SSSR count). The number of ether oxygens (including phenoxy) is 1. The van der Waals surface area contributed by atoms with Crippen molar-refractivity contribution in [2.45, 2.75) is 0 Å². The molecule has 0 aliphatic carbocycles. The van der Waals surface area contributed by atoms with Gasteiger partial charge in [0.25, 0.3) is 5.91 Å². The highest BCUT2D eigenvalue weighted by atomic mass is 16.5. The van der Waals surface area contributed by atoms with Crippen LogP contribution in [0.5, 0.6) is 5.75 Å². The second kappa shape index (κ2) is 6.13. The van der Waals surface area contributed by atoms with Gasteiger partial charge in [-0.3, -0.25) is 4.79 Å². The van der Waals surface area contributed by atoms with E-state index in [1.54, 1.807) is 43.9 Å². The zero-order valence-corrected chi connectivity index (χ0v) is 12.1. The molecule has 0 aliphatic rings. The summed E-state index contributed by atoms with van der Waals surface area (Å²) in [7, 11) is 1.57. The zero-order valence-electron chi connectivity index (χ0n) is 12.1. The molecule has 2 aromatic carbocycles. The lowest BCUT2D eigenvalue weighted by atomic mass is 10.2. The minimum absolute atomic E-state index is 0.188. The minimum Gasteiger partial charge on any atom is -0.497 e. The third-order valence-electron chi connectivity index (χ3n) is 3.27. The molecule has 1 heterocycles. The second-order valence-electron chi connectivity index (χ2n) is 4.67. The summed E-state index contributed by atoms with van der Waals surface area (Å²) in [5.41, 5.74) is 2.12. The van der Waals surface area contributed by atoms with Crippen molar-refractivity contribution < 1.29 is 9.53 Å². The van der Waals surface area contributed by atoms with Crippen molar-refractivity contribution >= 4 is 11.6 Å². The van der Waals surface area contributed by atoms with Crippen LogP contribution in [0.2, 0.25) is 0 Å². The van der Waals surface area contributed by atoms with E-state index in [0.29, 0.717) is 17.0 Å². The molecule has 5 nitrogen and oxygen atoms in total. The first kappa shape index (κ1) is 13.9. The maximum Gasteiger partial charge on any atom is 0.255 e. The van der Waals surface area contributed by atoms with Gasteiger partial charge in [-0.05, 0) is 30.3 Å². The molecule has 0 saturated heterocycles. The summed E-state index contributed by atoms with van der Waals surface area (Å²) in [6, 6.07) is 14.6. The Hall–Kier alpha value is -3.08. The van der Waals surface area contributed by atoms with E-state index >= 15 is 0 Å². The molecule has 0 bridgehead atoms. The van der Waals surface area contributed by atoms with Crippen molar-refractivity contribution in [2.75, 3.05) is 12.4 Å². The Labute approximate surface area is 128 Å². The topological polar surface area (TPSA) is 56.1 Å². The quantitative estimate of drug-likeness (QED) is 0.804. The van der Waals surface area contributed by atoms with Gasteiger partial charge in [0.15, 0.2) is 0 Å². The molecule has 5 heteroatoms. The average Bonchev–Trinajstić information content (AvgIpc) is 3.09. The van der Waals surface area contributed by atoms with E-state index in [-0.39, 0.29) is 5.91 Å². The summed E-state index contributed by atoms with van der Waals surface area (Å²) in [6.07, 6.45) is 5.22. The number of hydrogen-bond acceptors (Lipinski definition) is 3. The van der Waals surface area contributed by atoms with Crippen LogP contribution in [-0.2, 0) is 0 Å². The molecule has 1 aromatic heterocycles. The zero-order chi connectivity index (χ0) is 15.4. The summed E-state index contributed by atoms with van der Waals surface area (Å²) < 4.78 is 6.99. The number of methoxy groups -OCH3 is 1. The van der Waals surface area contributed by atoms with Crippen LogP contribution in [0, 0.1) is 0 Å². The fourth-order valence-corrected chi connectivity index (χ4v) is 2.16. The number of para-hydroxylation sites is 2. The Bertz CT molecular complexity index is 782. The molecule has 1 N–H and O–H groups in total. The summed E-state index contributed by atoms with van der Waals surface area (Å²) in [4.78, 5) is 16.4. The Morgan fingerprint density at radius 2 is 2.05 bits per heavy atom. The van der Waals surface area contributed by atoms with Gasteiger partial charge in [0.05, 0.1) is 24.8 Å². The van der Waals surface area contributed by atoms with E-state index in [1.807, 2.05) is 35.0 Å². The van der Waals surface area contributed by atoms with Gasteiger partial charge < -0.3 is 14.6 Å². The normalized spacial score (nSPS) is 10.2. The van der Waals surface area contributed by atoms with Crippen LogP contribution in [0.1, 0.15) is 10.4 Å². The van der Waals surface area contributed by atoms with Crippen molar-refractivity contribution in [3.05, 3.63) is 72.8 Å². The van der Waals surface area contributed by atoms with Crippen molar-refractivity contribution in [1.82, 2.24) is 9.55 Å². The molecule has 0 unspecified atom stereocenters. The minimum atomic E-state index is -0.188. The van der Waals surface area contributed by atoms with Crippen LogP contribution in [0.25, 0.3) is 5.69 Å². The first-order valence-corrected chi connectivity index (χ1v) is 6.80. The lowest BCUT2D eigenvalue weighted by molar-refractivity contribution is 0.102. The molecule has 22 heavy (non-hydrogen) atoms. The number of nitrogens with one attached hydrogen (secondary N) is 1. The summed E-state index contributed by atoms with van der Waals surface area (Å²) in [5, 5.41) is 2.92. The smallest absolute Gasteiger partial charge is 0.255 e. The molecule has 0 atom stereocenters. The third kappa shape index (κ3) is 2.83. The first-order valence-electron chi connectivity index (χ1n) is 6.80. The number of aromatic nitrogens is 2. The van der Waals surface area contributed by atoms with E-state index in [2.05, 4.69) is 10.3 Å². The van der Waals surface area contributed by atoms with Crippen LogP contribution in [-0.4, -0.2) is 22.6 Å². The number of nitrogens with zero attached hydrogens (tertiary/aromatic N) is 2. The van der Waals surface area contributed by atoms with Crippen LogP contribution in [0.4, 0.5) is 5.69 Å². The van der Waals surface area contributed by atoms with E-state index < -0.39 is 0 Å². The predicted molar refractivity (Wildman–Crippen MR) is 84.5 cm³/mol. The van der Waals surface area contributed by atoms with Crippen molar-refractivity contribution in [3.8, 4) is 11.4 Å². The monoisotopic (exact) mass is 293 g/mol. The van der Waals surface area contributed by atoms with Crippen LogP contribution < -0.4 is 10.1 Å². The number of amides is 1. The fourth-order valence-electron chi connectivity index (χ4n) is 2.16. The summed E-state index contributed by atoms with van der Waals surface area (Å²) in [5.74, 6) is 0.460. The number of hydrogen-bond donors (Lipinski definition) is 1. The van der Waals surface area contributed by atoms with Crippen molar-refractivity contribution in [3.63, 3.8) is 0 Å². The van der Waals surface area contributed by atoms with Gasteiger partial charge in [-0.25, -0.2) is 4.98 Å². The number of carbonyl (C=O) groups is 1. The molecular formula is C17H15N3O2. The van der Waals surface area contributed by atoms with E-state index in [9.17, 15) is 4.79 Å². The second-order valence-corrected chi connectivity index (χ2v) is 4.67. The number of rotatable bonds is 4. The van der Waals surface area contributed by atoms with Crippen LogP contribution >= 0.6 is 0 Å². The molecule has 0 spiro atoms. The molecular weight excluding hydrogens is 278 g/mol. The SMILES string of the molecule is COc1cccc(C(=O)Nc2ccccc2-n2ccnc2)c1. The summed E-state index contributed by atoms with van der Waals surface area (Å²) in [6.45, 7) is 0. The number of benzene rings is 2. The van der Waals surface area contributed by atoms with Gasteiger partial charge in [-0.2, -0.15) is 0 Å². The van der Waals surface area contributed by atoms with Crippen molar-refractivity contribution in [1.29, 1.82) is 0 Å². The number of carbonyl (C=O) groups excluding carboxylic acids is 1. The summed E-state index contributed by atoms with van der Waals surface area (Å²) >= 11 is 0. The Kier molecular flexibility index (Phi) is 3.87.